The van der Waals surface area contributed by atoms with Crippen molar-refractivity contribution >= 4 is 40.4 Å². The molecule has 2 aliphatic heterocycles. The molecule has 2 heterocycles. The Labute approximate surface area is 149 Å². The predicted molar refractivity (Wildman–Crippen MR) is 94.9 cm³/mol. The Morgan fingerprint density at radius 2 is 2.29 bits per heavy atom. The molecule has 3 rings (SSSR count). The van der Waals surface area contributed by atoms with E-state index < -0.39 is 12.0 Å². The number of hydrogen-bond donors (Lipinski definition) is 0. The largest absolute Gasteiger partial charge is 0.463 e. The van der Waals surface area contributed by atoms with E-state index in [1.807, 2.05) is 12.1 Å². The Morgan fingerprint density at radius 3 is 3.00 bits per heavy atom. The molecule has 2 aliphatic rings. The van der Waals surface area contributed by atoms with Crippen molar-refractivity contribution in [1.29, 1.82) is 0 Å². The van der Waals surface area contributed by atoms with E-state index in [1.165, 1.54) is 11.8 Å². The summed E-state index contributed by atoms with van der Waals surface area (Å²) in [5.41, 5.74) is 1.73. The van der Waals surface area contributed by atoms with Gasteiger partial charge in [0, 0.05) is 17.2 Å². The van der Waals surface area contributed by atoms with Crippen molar-refractivity contribution in [2.24, 2.45) is 4.99 Å². The summed E-state index contributed by atoms with van der Waals surface area (Å²) in [6.45, 7) is 3.78. The maximum absolute atomic E-state index is 12.6. The molecule has 7 heteroatoms. The Morgan fingerprint density at radius 1 is 1.50 bits per heavy atom. The SMILES string of the molecule is CCOC(=O)C1=C(C)N=C2SCCC(=O)N2C1c1cccc(Cl)c1. The van der Waals surface area contributed by atoms with E-state index in [0.717, 1.165) is 5.56 Å². The molecule has 0 bridgehead atoms. The molecule has 1 saturated heterocycles. The van der Waals surface area contributed by atoms with Crippen LogP contribution in [0.1, 0.15) is 31.9 Å². The number of amides is 1. The van der Waals surface area contributed by atoms with Gasteiger partial charge < -0.3 is 4.74 Å². The number of halogens is 1. The molecule has 0 saturated carbocycles. The van der Waals surface area contributed by atoms with Crippen LogP contribution >= 0.6 is 23.4 Å². The highest BCUT2D eigenvalue weighted by molar-refractivity contribution is 8.14. The van der Waals surface area contributed by atoms with Gasteiger partial charge in [-0.2, -0.15) is 0 Å². The van der Waals surface area contributed by atoms with E-state index in [9.17, 15) is 9.59 Å². The van der Waals surface area contributed by atoms with Gasteiger partial charge in [-0.3, -0.25) is 9.69 Å². The molecule has 1 atom stereocenters. The second-order valence-electron chi connectivity index (χ2n) is 5.43. The minimum atomic E-state index is -0.560. The number of carbonyl (C=O) groups excluding carboxylic acids is 2. The van der Waals surface area contributed by atoms with Gasteiger partial charge in [-0.05, 0) is 31.5 Å². The average Bonchev–Trinajstić information content (AvgIpc) is 2.54. The Bertz CT molecular complexity index is 760. The summed E-state index contributed by atoms with van der Waals surface area (Å²) >= 11 is 7.65. The van der Waals surface area contributed by atoms with E-state index >= 15 is 0 Å². The number of carbonyl (C=O) groups is 2. The fourth-order valence-electron chi connectivity index (χ4n) is 2.86. The van der Waals surface area contributed by atoms with Crippen LogP contribution in [0.5, 0.6) is 0 Å². The monoisotopic (exact) mass is 364 g/mol. The van der Waals surface area contributed by atoms with Gasteiger partial charge in [-0.25, -0.2) is 9.79 Å². The average molecular weight is 365 g/mol. The van der Waals surface area contributed by atoms with E-state index in [4.69, 9.17) is 16.3 Å². The number of esters is 1. The van der Waals surface area contributed by atoms with Crippen molar-refractivity contribution in [3.63, 3.8) is 0 Å². The Balaban J connectivity index is 2.16. The van der Waals surface area contributed by atoms with Gasteiger partial charge in [0.05, 0.1) is 23.9 Å². The van der Waals surface area contributed by atoms with E-state index in [0.29, 0.717) is 33.6 Å². The van der Waals surface area contributed by atoms with Crippen molar-refractivity contribution in [3.05, 3.63) is 46.1 Å². The van der Waals surface area contributed by atoms with Crippen molar-refractivity contribution < 1.29 is 14.3 Å². The second-order valence-corrected chi connectivity index (χ2v) is 6.93. The van der Waals surface area contributed by atoms with Crippen molar-refractivity contribution in [1.82, 2.24) is 4.90 Å². The molecular formula is C17H17ClN2O3S. The van der Waals surface area contributed by atoms with Gasteiger partial charge in [0.1, 0.15) is 0 Å². The highest BCUT2D eigenvalue weighted by Crippen LogP contribution is 2.40. The molecule has 1 aromatic carbocycles. The highest BCUT2D eigenvalue weighted by Gasteiger charge is 2.41. The van der Waals surface area contributed by atoms with Crippen molar-refractivity contribution in [2.45, 2.75) is 26.3 Å². The normalized spacial score (nSPS) is 20.6. The lowest BCUT2D eigenvalue weighted by atomic mass is 9.94. The molecule has 0 N–H and O–H groups in total. The number of ether oxygens (including phenoxy) is 1. The van der Waals surface area contributed by atoms with Gasteiger partial charge >= 0.3 is 5.97 Å². The molecule has 1 aromatic rings. The summed E-state index contributed by atoms with van der Waals surface area (Å²) in [6, 6.07) is 6.64. The lowest BCUT2D eigenvalue weighted by Crippen LogP contribution is -2.45. The third kappa shape index (κ3) is 3.08. The number of aliphatic imine (C=N–C) groups is 1. The quantitative estimate of drug-likeness (QED) is 0.769. The summed E-state index contributed by atoms with van der Waals surface area (Å²) in [7, 11) is 0. The molecule has 0 spiro atoms. The van der Waals surface area contributed by atoms with Gasteiger partial charge in [0.15, 0.2) is 5.17 Å². The number of thioether (sulfide) groups is 1. The Hall–Kier alpha value is -1.79. The van der Waals surface area contributed by atoms with Crippen LogP contribution in [-0.2, 0) is 14.3 Å². The summed E-state index contributed by atoms with van der Waals surface area (Å²) in [5, 5.41) is 1.18. The minimum Gasteiger partial charge on any atom is -0.463 e. The molecule has 1 unspecified atom stereocenters. The van der Waals surface area contributed by atoms with Gasteiger partial charge in [0.2, 0.25) is 5.91 Å². The topological polar surface area (TPSA) is 59.0 Å². The molecule has 24 heavy (non-hydrogen) atoms. The van der Waals surface area contributed by atoms with Crippen LogP contribution in [0.3, 0.4) is 0 Å². The van der Waals surface area contributed by atoms with E-state index in [-0.39, 0.29) is 12.5 Å². The van der Waals surface area contributed by atoms with Crippen LogP contribution in [0, 0.1) is 0 Å². The van der Waals surface area contributed by atoms with Crippen LogP contribution in [0.15, 0.2) is 40.5 Å². The first-order chi connectivity index (χ1) is 11.5. The molecule has 0 aliphatic carbocycles. The number of fused-ring (bicyclic) bond motifs is 1. The third-order valence-electron chi connectivity index (χ3n) is 3.87. The number of hydrogen-bond acceptors (Lipinski definition) is 5. The summed E-state index contributed by atoms with van der Waals surface area (Å²) in [5.74, 6) is 0.191. The second kappa shape index (κ2) is 6.99. The van der Waals surface area contributed by atoms with E-state index in [1.54, 1.807) is 30.9 Å². The summed E-state index contributed by atoms with van der Waals surface area (Å²) in [6.07, 6.45) is 0.413. The predicted octanol–water partition coefficient (Wildman–Crippen LogP) is 3.55. The van der Waals surface area contributed by atoms with Crippen LogP contribution in [0.2, 0.25) is 5.02 Å². The lowest BCUT2D eigenvalue weighted by Gasteiger charge is -2.38. The first-order valence-corrected chi connectivity index (χ1v) is 9.06. The highest BCUT2D eigenvalue weighted by atomic mass is 35.5. The van der Waals surface area contributed by atoms with Gasteiger partial charge in [-0.1, -0.05) is 35.5 Å². The Kier molecular flexibility index (Phi) is 4.96. The third-order valence-corrected chi connectivity index (χ3v) is 5.06. The number of amidine groups is 1. The summed E-state index contributed by atoms with van der Waals surface area (Å²) < 4.78 is 5.20. The van der Waals surface area contributed by atoms with Crippen LogP contribution in [0.25, 0.3) is 0 Å². The molecule has 126 valence electrons. The lowest BCUT2D eigenvalue weighted by molar-refractivity contribution is -0.139. The zero-order valence-corrected chi connectivity index (χ0v) is 15.0. The minimum absolute atomic E-state index is 0.0493. The molecule has 0 radical (unpaired) electrons. The van der Waals surface area contributed by atoms with Crippen LogP contribution in [0.4, 0.5) is 0 Å². The standard InChI is InChI=1S/C17H17ClN2O3S/c1-3-23-16(22)14-10(2)19-17-20(13(21)7-8-24-17)15(14)11-5-4-6-12(18)9-11/h4-6,9,15H,3,7-8H2,1-2H3. The molecule has 1 fully saturated rings. The molecule has 0 aromatic heterocycles. The molecule has 1 amide bonds. The first kappa shape index (κ1) is 17.0. The fraction of sp³-hybridized carbons (Fsp3) is 0.353. The van der Waals surface area contributed by atoms with E-state index in [2.05, 4.69) is 4.99 Å². The van der Waals surface area contributed by atoms with Crippen molar-refractivity contribution in [3.8, 4) is 0 Å². The van der Waals surface area contributed by atoms with Crippen LogP contribution in [-0.4, -0.2) is 34.3 Å². The summed E-state index contributed by atoms with van der Waals surface area (Å²) in [4.78, 5) is 31.1. The number of rotatable bonds is 3. The number of nitrogens with zero attached hydrogens (tertiary/aromatic N) is 2. The zero-order chi connectivity index (χ0) is 17.3. The maximum atomic E-state index is 12.6. The zero-order valence-electron chi connectivity index (χ0n) is 13.4. The number of allylic oxidation sites excluding steroid dienone is 1. The van der Waals surface area contributed by atoms with Gasteiger partial charge in [-0.15, -0.1) is 0 Å². The molecular weight excluding hydrogens is 348 g/mol. The maximum Gasteiger partial charge on any atom is 0.338 e. The smallest absolute Gasteiger partial charge is 0.338 e. The van der Waals surface area contributed by atoms with Gasteiger partial charge in [0.25, 0.3) is 0 Å². The van der Waals surface area contributed by atoms with Crippen LogP contribution < -0.4 is 0 Å². The fourth-order valence-corrected chi connectivity index (χ4v) is 4.06. The molecule has 5 nitrogen and oxygen atoms in total. The first-order valence-electron chi connectivity index (χ1n) is 7.69. The number of benzene rings is 1. The van der Waals surface area contributed by atoms with Crippen molar-refractivity contribution in [2.75, 3.05) is 12.4 Å².